The van der Waals surface area contributed by atoms with E-state index in [4.69, 9.17) is 0 Å². The van der Waals surface area contributed by atoms with E-state index < -0.39 is 5.60 Å². The summed E-state index contributed by atoms with van der Waals surface area (Å²) in [6.45, 7) is 5.77. The van der Waals surface area contributed by atoms with Gasteiger partial charge in [0.2, 0.25) is 0 Å². The summed E-state index contributed by atoms with van der Waals surface area (Å²) in [5, 5.41) is 10.3. The topological polar surface area (TPSA) is 20.2 Å². The lowest BCUT2D eigenvalue weighted by molar-refractivity contribution is 0.00446. The SMILES string of the molecule is CCC(C)C(C)(O)Cc1ccc(Br)cc1F. The maximum absolute atomic E-state index is 13.6. The van der Waals surface area contributed by atoms with Gasteiger partial charge in [-0.1, -0.05) is 42.3 Å². The molecule has 1 N–H and O–H groups in total. The molecule has 90 valence electrons. The molecule has 0 aliphatic carbocycles. The van der Waals surface area contributed by atoms with Gasteiger partial charge in [0.05, 0.1) is 5.60 Å². The number of halogens is 2. The van der Waals surface area contributed by atoms with Crippen LogP contribution in [0.5, 0.6) is 0 Å². The molecule has 0 saturated heterocycles. The van der Waals surface area contributed by atoms with E-state index in [2.05, 4.69) is 15.9 Å². The van der Waals surface area contributed by atoms with Crippen LogP contribution in [0.15, 0.2) is 22.7 Å². The van der Waals surface area contributed by atoms with Crippen LogP contribution in [0, 0.1) is 11.7 Å². The van der Waals surface area contributed by atoms with E-state index in [1.54, 1.807) is 19.1 Å². The minimum absolute atomic E-state index is 0.149. The van der Waals surface area contributed by atoms with Crippen LogP contribution in [0.2, 0.25) is 0 Å². The van der Waals surface area contributed by atoms with Gasteiger partial charge in [-0.25, -0.2) is 4.39 Å². The summed E-state index contributed by atoms with van der Waals surface area (Å²) >= 11 is 3.22. The molecule has 0 bridgehead atoms. The second kappa shape index (κ2) is 5.28. The maximum Gasteiger partial charge on any atom is 0.127 e. The monoisotopic (exact) mass is 288 g/mol. The molecule has 0 fully saturated rings. The summed E-state index contributed by atoms with van der Waals surface area (Å²) < 4.78 is 14.3. The highest BCUT2D eigenvalue weighted by Crippen LogP contribution is 2.26. The molecule has 1 aromatic carbocycles. The number of hydrogen-bond acceptors (Lipinski definition) is 1. The summed E-state index contributed by atoms with van der Waals surface area (Å²) in [6, 6.07) is 4.95. The van der Waals surface area contributed by atoms with E-state index in [9.17, 15) is 9.50 Å². The Labute approximate surface area is 105 Å². The molecule has 3 heteroatoms. The number of aliphatic hydroxyl groups is 1. The zero-order valence-corrected chi connectivity index (χ0v) is 11.5. The van der Waals surface area contributed by atoms with Gasteiger partial charge < -0.3 is 5.11 Å². The molecule has 0 aliphatic rings. The van der Waals surface area contributed by atoms with Gasteiger partial charge in [0.25, 0.3) is 0 Å². The van der Waals surface area contributed by atoms with Gasteiger partial charge in [-0.15, -0.1) is 0 Å². The third-order valence-electron chi connectivity index (χ3n) is 3.24. The number of benzene rings is 1. The molecule has 2 unspecified atom stereocenters. The second-order valence-corrected chi connectivity index (χ2v) is 5.49. The molecular formula is C13H18BrFO. The van der Waals surface area contributed by atoms with Crippen LogP contribution in [0.4, 0.5) is 4.39 Å². The minimum Gasteiger partial charge on any atom is -0.390 e. The van der Waals surface area contributed by atoms with Crippen LogP contribution in [-0.4, -0.2) is 10.7 Å². The van der Waals surface area contributed by atoms with Crippen molar-refractivity contribution in [3.63, 3.8) is 0 Å². The summed E-state index contributed by atoms with van der Waals surface area (Å²) in [6.07, 6.45) is 1.23. The van der Waals surface area contributed by atoms with Crippen molar-refractivity contribution in [2.75, 3.05) is 0 Å². The van der Waals surface area contributed by atoms with E-state index in [0.717, 1.165) is 10.9 Å². The first-order chi connectivity index (χ1) is 7.36. The Morgan fingerprint density at radius 1 is 1.50 bits per heavy atom. The van der Waals surface area contributed by atoms with Gasteiger partial charge in [0, 0.05) is 10.9 Å². The summed E-state index contributed by atoms with van der Waals surface area (Å²) in [4.78, 5) is 0. The second-order valence-electron chi connectivity index (χ2n) is 4.58. The van der Waals surface area contributed by atoms with Crippen molar-refractivity contribution in [3.05, 3.63) is 34.1 Å². The highest BCUT2D eigenvalue weighted by molar-refractivity contribution is 9.10. The standard InChI is InChI=1S/C13H18BrFO/c1-4-9(2)13(3,16)8-10-5-6-11(14)7-12(10)15/h5-7,9,16H,4,8H2,1-3H3. The Morgan fingerprint density at radius 3 is 2.62 bits per heavy atom. The van der Waals surface area contributed by atoms with Crippen LogP contribution in [-0.2, 0) is 6.42 Å². The predicted molar refractivity (Wildman–Crippen MR) is 67.9 cm³/mol. The van der Waals surface area contributed by atoms with E-state index >= 15 is 0 Å². The first-order valence-electron chi connectivity index (χ1n) is 5.53. The van der Waals surface area contributed by atoms with E-state index in [1.807, 2.05) is 13.8 Å². The molecule has 0 saturated carbocycles. The highest BCUT2D eigenvalue weighted by Gasteiger charge is 2.28. The fraction of sp³-hybridized carbons (Fsp3) is 0.538. The minimum atomic E-state index is -0.858. The molecule has 0 heterocycles. The Morgan fingerprint density at radius 2 is 2.12 bits per heavy atom. The van der Waals surface area contributed by atoms with Crippen LogP contribution in [0.25, 0.3) is 0 Å². The fourth-order valence-corrected chi connectivity index (χ4v) is 2.00. The maximum atomic E-state index is 13.6. The molecular weight excluding hydrogens is 271 g/mol. The van der Waals surface area contributed by atoms with Crippen LogP contribution < -0.4 is 0 Å². The van der Waals surface area contributed by atoms with Crippen molar-refractivity contribution in [3.8, 4) is 0 Å². The van der Waals surface area contributed by atoms with E-state index in [-0.39, 0.29) is 11.7 Å². The zero-order chi connectivity index (χ0) is 12.3. The first-order valence-corrected chi connectivity index (χ1v) is 6.32. The van der Waals surface area contributed by atoms with Gasteiger partial charge in [-0.2, -0.15) is 0 Å². The summed E-state index contributed by atoms with van der Waals surface area (Å²) in [7, 11) is 0. The smallest absolute Gasteiger partial charge is 0.127 e. The molecule has 2 atom stereocenters. The van der Waals surface area contributed by atoms with Gasteiger partial charge in [-0.05, 0) is 30.5 Å². The van der Waals surface area contributed by atoms with Crippen LogP contribution in [0.3, 0.4) is 0 Å². The third kappa shape index (κ3) is 3.29. The summed E-state index contributed by atoms with van der Waals surface area (Å²) in [5.74, 6) is -0.117. The Hall–Kier alpha value is -0.410. The highest BCUT2D eigenvalue weighted by atomic mass is 79.9. The fourth-order valence-electron chi connectivity index (χ4n) is 1.66. The quantitative estimate of drug-likeness (QED) is 0.890. The lowest BCUT2D eigenvalue weighted by Gasteiger charge is -2.30. The molecule has 0 radical (unpaired) electrons. The van der Waals surface area contributed by atoms with Crippen molar-refractivity contribution in [2.45, 2.75) is 39.2 Å². The Bertz CT molecular complexity index is 363. The molecule has 0 spiro atoms. The number of hydrogen-bond donors (Lipinski definition) is 1. The molecule has 1 nitrogen and oxygen atoms in total. The molecule has 0 amide bonds. The summed E-state index contributed by atoms with van der Waals surface area (Å²) in [5.41, 5.74) is -0.294. The van der Waals surface area contributed by atoms with E-state index in [0.29, 0.717) is 12.0 Å². The lowest BCUT2D eigenvalue weighted by atomic mass is 9.83. The number of rotatable bonds is 4. The zero-order valence-electron chi connectivity index (χ0n) is 9.93. The molecule has 0 aliphatic heterocycles. The van der Waals surface area contributed by atoms with Gasteiger partial charge >= 0.3 is 0 Å². The van der Waals surface area contributed by atoms with Gasteiger partial charge in [-0.3, -0.25) is 0 Å². The normalized spacial score (nSPS) is 16.9. The van der Waals surface area contributed by atoms with Gasteiger partial charge in [0.1, 0.15) is 5.82 Å². The Balaban J connectivity index is 2.87. The van der Waals surface area contributed by atoms with E-state index in [1.165, 1.54) is 6.07 Å². The average Bonchev–Trinajstić information content (AvgIpc) is 2.21. The van der Waals surface area contributed by atoms with Crippen LogP contribution in [0.1, 0.15) is 32.8 Å². The molecule has 0 aromatic heterocycles. The molecule has 1 aromatic rings. The van der Waals surface area contributed by atoms with Crippen molar-refractivity contribution in [2.24, 2.45) is 5.92 Å². The van der Waals surface area contributed by atoms with Gasteiger partial charge in [0.15, 0.2) is 0 Å². The van der Waals surface area contributed by atoms with Crippen molar-refractivity contribution >= 4 is 15.9 Å². The average molecular weight is 289 g/mol. The third-order valence-corrected chi connectivity index (χ3v) is 3.73. The lowest BCUT2D eigenvalue weighted by Crippen LogP contribution is -2.35. The van der Waals surface area contributed by atoms with Crippen molar-refractivity contribution in [1.82, 2.24) is 0 Å². The molecule has 1 rings (SSSR count). The predicted octanol–water partition coefficient (Wildman–Crippen LogP) is 3.93. The van der Waals surface area contributed by atoms with Crippen molar-refractivity contribution < 1.29 is 9.50 Å². The van der Waals surface area contributed by atoms with Crippen molar-refractivity contribution in [1.29, 1.82) is 0 Å². The first kappa shape index (κ1) is 13.7. The Kier molecular flexibility index (Phi) is 4.51. The van der Waals surface area contributed by atoms with Crippen LogP contribution >= 0.6 is 15.9 Å². The molecule has 16 heavy (non-hydrogen) atoms. The largest absolute Gasteiger partial charge is 0.390 e.